The molecule has 0 spiro atoms. The molecule has 130 valence electrons. The van der Waals surface area contributed by atoms with Gasteiger partial charge >= 0.3 is 0 Å². The first-order chi connectivity index (χ1) is 12.0. The monoisotopic (exact) mass is 358 g/mol. The molecule has 0 unspecified atom stereocenters. The Bertz CT molecular complexity index is 786. The molecule has 1 aliphatic carbocycles. The maximum atomic E-state index is 12.6. The summed E-state index contributed by atoms with van der Waals surface area (Å²) in [6.45, 7) is 2.49. The smallest absolute Gasteiger partial charge is 0.240 e. The molecule has 0 aliphatic heterocycles. The summed E-state index contributed by atoms with van der Waals surface area (Å²) in [5.74, 6) is 0.134. The normalized spacial score (nSPS) is 14.5. The number of rotatable bonds is 6. The lowest BCUT2D eigenvalue weighted by Crippen LogP contribution is -2.35. The molecule has 3 rings (SSSR count). The van der Waals surface area contributed by atoms with Crippen molar-refractivity contribution in [3.63, 3.8) is 0 Å². The van der Waals surface area contributed by atoms with Gasteiger partial charge in [-0.3, -0.25) is 9.59 Å². The molecular weight excluding hydrogens is 340 g/mol. The van der Waals surface area contributed by atoms with E-state index in [1.165, 1.54) is 0 Å². The molecular formula is C19H19ClN2O3. The molecule has 6 heteroatoms. The largest absolute Gasteiger partial charge is 0.494 e. The number of carbonyl (C=O) groups is 2. The van der Waals surface area contributed by atoms with Crippen LogP contribution in [-0.2, 0) is 9.59 Å². The number of nitrogens with one attached hydrogen (secondary N) is 2. The predicted molar refractivity (Wildman–Crippen MR) is 98.0 cm³/mol. The first-order valence-electron chi connectivity index (χ1n) is 8.15. The molecule has 0 radical (unpaired) electrons. The highest BCUT2D eigenvalue weighted by Crippen LogP contribution is 2.47. The zero-order valence-electron chi connectivity index (χ0n) is 13.8. The third-order valence-corrected chi connectivity index (χ3v) is 4.36. The van der Waals surface area contributed by atoms with Gasteiger partial charge in [0.15, 0.2) is 0 Å². The van der Waals surface area contributed by atoms with E-state index in [0.717, 1.165) is 5.75 Å². The number of halogens is 1. The molecule has 0 atom stereocenters. The lowest BCUT2D eigenvalue weighted by atomic mass is 10.0. The summed E-state index contributed by atoms with van der Waals surface area (Å²) in [6, 6.07) is 13.9. The highest BCUT2D eigenvalue weighted by atomic mass is 35.5. The molecule has 2 amide bonds. The van der Waals surface area contributed by atoms with Gasteiger partial charge in [-0.2, -0.15) is 0 Å². The molecule has 1 saturated carbocycles. The highest BCUT2D eigenvalue weighted by molar-refractivity contribution is 6.31. The van der Waals surface area contributed by atoms with Crippen LogP contribution in [0.4, 0.5) is 11.4 Å². The predicted octanol–water partition coefficient (Wildman–Crippen LogP) is 4.10. The fourth-order valence-electron chi connectivity index (χ4n) is 2.55. The SMILES string of the molecule is CCOc1ccc(NC(=O)C2(C(=O)Nc3cccc(Cl)c3)CC2)cc1. The van der Waals surface area contributed by atoms with Crippen molar-refractivity contribution in [2.75, 3.05) is 17.2 Å². The van der Waals surface area contributed by atoms with E-state index in [1.54, 1.807) is 48.5 Å². The molecule has 25 heavy (non-hydrogen) atoms. The summed E-state index contributed by atoms with van der Waals surface area (Å²) in [6.07, 6.45) is 1.06. The standard InChI is InChI=1S/C19H19ClN2O3/c1-2-25-16-8-6-14(7-9-16)21-17(23)19(10-11-19)18(24)22-15-5-3-4-13(20)12-15/h3-9,12H,2,10-11H2,1H3,(H,21,23)(H,22,24). The van der Waals surface area contributed by atoms with Crippen molar-refractivity contribution >= 4 is 34.8 Å². The Hall–Kier alpha value is -2.53. The Morgan fingerprint density at radius 1 is 1.04 bits per heavy atom. The first kappa shape index (κ1) is 17.3. The zero-order chi connectivity index (χ0) is 17.9. The van der Waals surface area contributed by atoms with Crippen molar-refractivity contribution in [1.82, 2.24) is 0 Å². The van der Waals surface area contributed by atoms with Crippen LogP contribution in [-0.4, -0.2) is 18.4 Å². The zero-order valence-corrected chi connectivity index (χ0v) is 14.6. The van der Waals surface area contributed by atoms with Crippen LogP contribution in [0.1, 0.15) is 19.8 Å². The van der Waals surface area contributed by atoms with E-state index in [1.807, 2.05) is 6.92 Å². The van der Waals surface area contributed by atoms with Gasteiger partial charge in [0, 0.05) is 16.4 Å². The van der Waals surface area contributed by atoms with Crippen LogP contribution in [0, 0.1) is 5.41 Å². The van der Waals surface area contributed by atoms with Crippen molar-refractivity contribution < 1.29 is 14.3 Å². The number of ether oxygens (including phenoxy) is 1. The van der Waals surface area contributed by atoms with E-state index in [4.69, 9.17) is 16.3 Å². The number of hydrogen-bond acceptors (Lipinski definition) is 3. The summed E-state index contributed by atoms with van der Waals surface area (Å²) < 4.78 is 5.37. The average molecular weight is 359 g/mol. The van der Waals surface area contributed by atoms with Gasteiger partial charge in [-0.1, -0.05) is 17.7 Å². The van der Waals surface area contributed by atoms with Gasteiger partial charge in [0.1, 0.15) is 11.2 Å². The number of anilines is 2. The van der Waals surface area contributed by atoms with Crippen LogP contribution in [0.15, 0.2) is 48.5 Å². The molecule has 2 aromatic carbocycles. The van der Waals surface area contributed by atoms with Gasteiger partial charge in [0.05, 0.1) is 6.61 Å². The van der Waals surface area contributed by atoms with Crippen LogP contribution < -0.4 is 15.4 Å². The highest BCUT2D eigenvalue weighted by Gasteiger charge is 2.56. The molecule has 1 aliphatic rings. The molecule has 1 fully saturated rings. The van der Waals surface area contributed by atoms with Gasteiger partial charge in [0.2, 0.25) is 11.8 Å². The number of amides is 2. The molecule has 5 nitrogen and oxygen atoms in total. The van der Waals surface area contributed by atoms with E-state index in [9.17, 15) is 9.59 Å². The second-order valence-corrected chi connectivity index (χ2v) is 6.39. The lowest BCUT2D eigenvalue weighted by Gasteiger charge is -2.16. The number of benzene rings is 2. The second kappa shape index (κ2) is 7.15. The second-order valence-electron chi connectivity index (χ2n) is 5.96. The third-order valence-electron chi connectivity index (χ3n) is 4.12. The van der Waals surface area contributed by atoms with Crippen LogP contribution >= 0.6 is 11.6 Å². The summed E-state index contributed by atoms with van der Waals surface area (Å²) >= 11 is 5.92. The fraction of sp³-hybridized carbons (Fsp3) is 0.263. The van der Waals surface area contributed by atoms with Gasteiger partial charge in [-0.05, 0) is 62.2 Å². The van der Waals surface area contributed by atoms with E-state index in [-0.39, 0.29) is 11.8 Å². The molecule has 2 aromatic rings. The van der Waals surface area contributed by atoms with Crippen molar-refractivity contribution in [2.45, 2.75) is 19.8 Å². The summed E-state index contributed by atoms with van der Waals surface area (Å²) in [4.78, 5) is 25.1. The molecule has 2 N–H and O–H groups in total. The Morgan fingerprint density at radius 2 is 1.68 bits per heavy atom. The maximum absolute atomic E-state index is 12.6. The Kier molecular flexibility index (Phi) is 4.95. The number of hydrogen-bond donors (Lipinski definition) is 2. The Balaban J connectivity index is 1.65. The third kappa shape index (κ3) is 3.94. The van der Waals surface area contributed by atoms with Gasteiger partial charge in [-0.15, -0.1) is 0 Å². The van der Waals surface area contributed by atoms with Gasteiger partial charge in [-0.25, -0.2) is 0 Å². The van der Waals surface area contributed by atoms with E-state index < -0.39 is 5.41 Å². The maximum Gasteiger partial charge on any atom is 0.240 e. The fourth-order valence-corrected chi connectivity index (χ4v) is 2.74. The van der Waals surface area contributed by atoms with E-state index in [2.05, 4.69) is 10.6 Å². The number of carbonyl (C=O) groups excluding carboxylic acids is 2. The van der Waals surface area contributed by atoms with Crippen LogP contribution in [0.5, 0.6) is 5.75 Å². The minimum absolute atomic E-state index is 0.295. The molecule has 0 heterocycles. The molecule has 0 saturated heterocycles. The Labute approximate surface area is 151 Å². The topological polar surface area (TPSA) is 67.4 Å². The first-order valence-corrected chi connectivity index (χ1v) is 8.52. The average Bonchev–Trinajstić information content (AvgIpc) is 3.39. The van der Waals surface area contributed by atoms with Crippen molar-refractivity contribution in [3.8, 4) is 5.75 Å². The lowest BCUT2D eigenvalue weighted by molar-refractivity contribution is -0.131. The van der Waals surface area contributed by atoms with Crippen LogP contribution in [0.25, 0.3) is 0 Å². The molecule has 0 bridgehead atoms. The van der Waals surface area contributed by atoms with Crippen molar-refractivity contribution in [3.05, 3.63) is 53.6 Å². The minimum Gasteiger partial charge on any atom is -0.494 e. The van der Waals surface area contributed by atoms with Crippen molar-refractivity contribution in [1.29, 1.82) is 0 Å². The Morgan fingerprint density at radius 3 is 2.24 bits per heavy atom. The minimum atomic E-state index is -1.01. The van der Waals surface area contributed by atoms with Gasteiger partial charge in [0.25, 0.3) is 0 Å². The molecule has 0 aromatic heterocycles. The van der Waals surface area contributed by atoms with Crippen LogP contribution in [0.3, 0.4) is 0 Å². The van der Waals surface area contributed by atoms with Crippen molar-refractivity contribution in [2.24, 2.45) is 5.41 Å². The quantitative estimate of drug-likeness (QED) is 0.764. The van der Waals surface area contributed by atoms with Crippen LogP contribution in [0.2, 0.25) is 5.02 Å². The van der Waals surface area contributed by atoms with E-state index >= 15 is 0 Å². The summed E-state index contributed by atoms with van der Waals surface area (Å²) in [5, 5.41) is 6.11. The van der Waals surface area contributed by atoms with Gasteiger partial charge < -0.3 is 15.4 Å². The summed E-state index contributed by atoms with van der Waals surface area (Å²) in [5.41, 5.74) is 0.203. The summed E-state index contributed by atoms with van der Waals surface area (Å²) in [7, 11) is 0. The van der Waals surface area contributed by atoms with E-state index in [0.29, 0.717) is 35.8 Å².